The summed E-state index contributed by atoms with van der Waals surface area (Å²) >= 11 is 0. The highest BCUT2D eigenvalue weighted by atomic mass is 16.3. The third-order valence-electron chi connectivity index (χ3n) is 2.37. The molecule has 0 aliphatic carbocycles. The van der Waals surface area contributed by atoms with Crippen molar-refractivity contribution in [2.45, 2.75) is 6.92 Å². The molecule has 2 amide bonds. The molecule has 0 aliphatic rings. The van der Waals surface area contributed by atoms with Gasteiger partial charge in [-0.1, -0.05) is 0 Å². The lowest BCUT2D eigenvalue weighted by atomic mass is 10.2. The zero-order chi connectivity index (χ0) is 14.4. The third-order valence-corrected chi connectivity index (χ3v) is 2.37. The van der Waals surface area contributed by atoms with Crippen molar-refractivity contribution in [3.05, 3.63) is 54.0 Å². The van der Waals surface area contributed by atoms with Crippen LogP contribution in [0.5, 0.6) is 0 Å². The molecule has 2 N–H and O–H groups in total. The minimum atomic E-state index is -0.345. The molecule has 1 aromatic heterocycles. The molecule has 6 nitrogen and oxygen atoms in total. The molecule has 1 aromatic carbocycles. The van der Waals surface area contributed by atoms with Gasteiger partial charge in [0.2, 0.25) is 5.91 Å². The summed E-state index contributed by atoms with van der Waals surface area (Å²) in [6, 6.07) is 9.94. The first-order valence-electron chi connectivity index (χ1n) is 5.90. The smallest absolute Gasteiger partial charge is 0.271 e. The molecule has 2 aromatic rings. The number of benzene rings is 1. The van der Waals surface area contributed by atoms with E-state index in [1.807, 2.05) is 0 Å². The largest absolute Gasteiger partial charge is 0.463 e. The fourth-order valence-electron chi connectivity index (χ4n) is 1.49. The quantitative estimate of drug-likeness (QED) is 0.659. The van der Waals surface area contributed by atoms with Gasteiger partial charge in [-0.25, -0.2) is 5.43 Å². The Bertz CT molecular complexity index is 616. The summed E-state index contributed by atoms with van der Waals surface area (Å²) in [7, 11) is 0. The predicted octanol–water partition coefficient (Wildman–Crippen LogP) is 2.00. The molecule has 0 saturated carbocycles. The topological polar surface area (TPSA) is 83.7 Å². The first-order chi connectivity index (χ1) is 9.65. The van der Waals surface area contributed by atoms with Gasteiger partial charge in [0, 0.05) is 18.2 Å². The van der Waals surface area contributed by atoms with E-state index in [4.69, 9.17) is 4.42 Å². The predicted molar refractivity (Wildman–Crippen MR) is 74.5 cm³/mol. The van der Waals surface area contributed by atoms with Gasteiger partial charge >= 0.3 is 0 Å². The van der Waals surface area contributed by atoms with E-state index in [-0.39, 0.29) is 11.8 Å². The number of hydrogen-bond donors (Lipinski definition) is 2. The van der Waals surface area contributed by atoms with Gasteiger partial charge in [-0.15, -0.1) is 0 Å². The number of nitrogens with one attached hydrogen (secondary N) is 2. The van der Waals surface area contributed by atoms with Crippen molar-refractivity contribution in [1.29, 1.82) is 0 Å². The lowest BCUT2D eigenvalue weighted by Gasteiger charge is -2.03. The number of carbonyl (C=O) groups excluding carboxylic acids is 2. The molecule has 20 heavy (non-hydrogen) atoms. The number of carbonyl (C=O) groups is 2. The minimum Gasteiger partial charge on any atom is -0.463 e. The van der Waals surface area contributed by atoms with Crippen molar-refractivity contribution < 1.29 is 14.0 Å². The highest BCUT2D eigenvalue weighted by Gasteiger charge is 2.04. The van der Waals surface area contributed by atoms with Crippen LogP contribution in [-0.4, -0.2) is 18.0 Å². The Labute approximate surface area is 115 Å². The minimum absolute atomic E-state index is 0.162. The maximum atomic E-state index is 11.8. The summed E-state index contributed by atoms with van der Waals surface area (Å²) in [4.78, 5) is 22.6. The summed E-state index contributed by atoms with van der Waals surface area (Å²) in [5.41, 5.74) is 3.45. The number of hydrogen-bond acceptors (Lipinski definition) is 4. The van der Waals surface area contributed by atoms with Gasteiger partial charge < -0.3 is 9.73 Å². The molecular formula is C14H13N3O3. The van der Waals surface area contributed by atoms with Crippen molar-refractivity contribution in [2.24, 2.45) is 5.10 Å². The van der Waals surface area contributed by atoms with E-state index in [1.165, 1.54) is 19.4 Å². The lowest BCUT2D eigenvalue weighted by molar-refractivity contribution is -0.114. The monoisotopic (exact) mass is 271 g/mol. The first-order valence-corrected chi connectivity index (χ1v) is 5.90. The Morgan fingerprint density at radius 3 is 2.55 bits per heavy atom. The molecule has 0 unspecified atom stereocenters. The van der Waals surface area contributed by atoms with E-state index in [0.29, 0.717) is 17.0 Å². The van der Waals surface area contributed by atoms with Gasteiger partial charge in [-0.2, -0.15) is 5.10 Å². The first kappa shape index (κ1) is 13.5. The van der Waals surface area contributed by atoms with Crippen LogP contribution in [0.4, 0.5) is 5.69 Å². The summed E-state index contributed by atoms with van der Waals surface area (Å²) in [5.74, 6) is 0.0405. The number of nitrogens with zero attached hydrogens (tertiary/aromatic N) is 1. The number of furan rings is 1. The van der Waals surface area contributed by atoms with Gasteiger partial charge in [-0.3, -0.25) is 9.59 Å². The van der Waals surface area contributed by atoms with Gasteiger partial charge in [0.1, 0.15) is 5.76 Å². The molecule has 0 aliphatic heterocycles. The molecule has 6 heteroatoms. The highest BCUT2D eigenvalue weighted by Crippen LogP contribution is 2.09. The average molecular weight is 271 g/mol. The van der Waals surface area contributed by atoms with Crippen LogP contribution in [0.15, 0.2) is 52.2 Å². The third kappa shape index (κ3) is 3.81. The number of rotatable bonds is 4. The van der Waals surface area contributed by atoms with Crippen LogP contribution in [0.25, 0.3) is 0 Å². The molecule has 2 rings (SSSR count). The second-order valence-corrected chi connectivity index (χ2v) is 3.97. The van der Waals surface area contributed by atoms with Crippen LogP contribution < -0.4 is 10.7 Å². The summed E-state index contributed by atoms with van der Waals surface area (Å²) in [6.45, 7) is 1.42. The van der Waals surface area contributed by atoms with E-state index in [1.54, 1.807) is 36.4 Å². The second kappa shape index (κ2) is 6.33. The van der Waals surface area contributed by atoms with Crippen molar-refractivity contribution >= 4 is 23.7 Å². The normalized spacial score (nSPS) is 10.4. The van der Waals surface area contributed by atoms with Gasteiger partial charge in [0.05, 0.1) is 12.5 Å². The molecule has 1 heterocycles. The second-order valence-electron chi connectivity index (χ2n) is 3.97. The molecular weight excluding hydrogens is 258 g/mol. The average Bonchev–Trinajstić information content (AvgIpc) is 2.92. The van der Waals surface area contributed by atoms with Gasteiger partial charge in [0.25, 0.3) is 5.91 Å². The fraction of sp³-hybridized carbons (Fsp3) is 0.0714. The molecule has 0 radical (unpaired) electrons. The van der Waals surface area contributed by atoms with Crippen LogP contribution in [0.2, 0.25) is 0 Å². The van der Waals surface area contributed by atoms with Crippen LogP contribution in [0, 0.1) is 0 Å². The Morgan fingerprint density at radius 1 is 1.20 bits per heavy atom. The Kier molecular flexibility index (Phi) is 4.28. The standard InChI is InChI=1S/C14H13N3O3/c1-10(18)16-12-6-4-11(5-7-12)14(19)17-15-9-13-3-2-8-20-13/h2-9H,1H3,(H,16,18)(H,17,19)/b15-9+. The Morgan fingerprint density at radius 2 is 1.95 bits per heavy atom. The maximum absolute atomic E-state index is 11.8. The molecule has 0 fully saturated rings. The van der Waals surface area contributed by atoms with Crippen LogP contribution in [0.1, 0.15) is 23.0 Å². The fourth-order valence-corrected chi connectivity index (χ4v) is 1.49. The summed E-state index contributed by atoms with van der Waals surface area (Å²) in [5, 5.41) is 6.39. The molecule has 0 spiro atoms. The zero-order valence-corrected chi connectivity index (χ0v) is 10.8. The van der Waals surface area contributed by atoms with Crippen molar-refractivity contribution in [1.82, 2.24) is 5.43 Å². The van der Waals surface area contributed by atoms with Crippen LogP contribution >= 0.6 is 0 Å². The summed E-state index contributed by atoms with van der Waals surface area (Å²) < 4.78 is 5.03. The number of amides is 2. The Hall–Kier alpha value is -2.89. The van der Waals surface area contributed by atoms with E-state index in [9.17, 15) is 9.59 Å². The van der Waals surface area contributed by atoms with Crippen LogP contribution in [-0.2, 0) is 4.79 Å². The number of anilines is 1. The lowest BCUT2D eigenvalue weighted by Crippen LogP contribution is -2.17. The van der Waals surface area contributed by atoms with Gasteiger partial charge in [-0.05, 0) is 36.4 Å². The molecule has 0 saturated heterocycles. The van der Waals surface area contributed by atoms with E-state index < -0.39 is 0 Å². The SMILES string of the molecule is CC(=O)Nc1ccc(C(=O)N/N=C/c2ccco2)cc1. The van der Waals surface area contributed by atoms with Crippen molar-refractivity contribution in [3.63, 3.8) is 0 Å². The van der Waals surface area contributed by atoms with E-state index in [0.717, 1.165) is 0 Å². The molecule has 0 atom stereocenters. The van der Waals surface area contributed by atoms with Gasteiger partial charge in [0.15, 0.2) is 0 Å². The van der Waals surface area contributed by atoms with Crippen molar-refractivity contribution in [2.75, 3.05) is 5.32 Å². The number of hydrazone groups is 1. The van der Waals surface area contributed by atoms with E-state index >= 15 is 0 Å². The van der Waals surface area contributed by atoms with Crippen LogP contribution in [0.3, 0.4) is 0 Å². The molecule has 0 bridgehead atoms. The highest BCUT2D eigenvalue weighted by molar-refractivity contribution is 5.95. The molecule has 102 valence electrons. The maximum Gasteiger partial charge on any atom is 0.271 e. The van der Waals surface area contributed by atoms with Crippen molar-refractivity contribution in [3.8, 4) is 0 Å². The van der Waals surface area contributed by atoms with E-state index in [2.05, 4.69) is 15.8 Å². The Balaban J connectivity index is 1.93. The zero-order valence-electron chi connectivity index (χ0n) is 10.8. The summed E-state index contributed by atoms with van der Waals surface area (Å²) in [6.07, 6.45) is 2.92.